The summed E-state index contributed by atoms with van der Waals surface area (Å²) in [4.78, 5) is 15.1. The molecule has 0 saturated carbocycles. The SMILES string of the molecule is O=c1sc2cc(S(=O)(=O)NCc3ccc(CN4CCCC4)cc3)ccc2n1Cc1ccccc1Cl. The zero-order chi connectivity index (χ0) is 24.4. The van der Waals surface area contributed by atoms with Gasteiger partial charge in [0.15, 0.2) is 0 Å². The van der Waals surface area contributed by atoms with Crippen LogP contribution < -0.4 is 9.60 Å². The van der Waals surface area contributed by atoms with Crippen LogP contribution in [-0.4, -0.2) is 31.0 Å². The number of hydrogen-bond donors (Lipinski definition) is 1. The molecule has 0 aliphatic carbocycles. The summed E-state index contributed by atoms with van der Waals surface area (Å²) in [5.41, 5.74) is 3.66. The molecule has 1 fully saturated rings. The minimum absolute atomic E-state index is 0.141. The Bertz CT molecular complexity index is 1510. The predicted octanol–water partition coefficient (Wildman–Crippen LogP) is 4.84. The Labute approximate surface area is 213 Å². The highest BCUT2D eigenvalue weighted by molar-refractivity contribution is 7.89. The highest BCUT2D eigenvalue weighted by atomic mass is 35.5. The van der Waals surface area contributed by atoms with Crippen molar-refractivity contribution < 1.29 is 8.42 Å². The summed E-state index contributed by atoms with van der Waals surface area (Å²) in [7, 11) is -3.73. The Morgan fingerprint density at radius 1 is 0.914 bits per heavy atom. The van der Waals surface area contributed by atoms with Crippen molar-refractivity contribution in [3.05, 3.63) is 98.1 Å². The van der Waals surface area contributed by atoms with Gasteiger partial charge in [-0.15, -0.1) is 0 Å². The Morgan fingerprint density at radius 3 is 2.37 bits per heavy atom. The highest BCUT2D eigenvalue weighted by Gasteiger charge is 2.18. The molecule has 0 bridgehead atoms. The third-order valence-electron chi connectivity index (χ3n) is 6.33. The van der Waals surface area contributed by atoms with Crippen molar-refractivity contribution >= 4 is 43.2 Å². The van der Waals surface area contributed by atoms with E-state index in [2.05, 4.69) is 21.8 Å². The van der Waals surface area contributed by atoms with Crippen LogP contribution in [0.15, 0.2) is 76.4 Å². The third kappa shape index (κ3) is 5.52. The standard InChI is InChI=1S/C26H26ClN3O3S2/c27-23-6-2-1-5-21(23)18-30-24-12-11-22(15-25(24)34-26(30)31)35(32,33)28-16-19-7-9-20(10-8-19)17-29-13-3-4-14-29/h1-2,5-12,15,28H,3-4,13-14,16-18H2. The van der Waals surface area contributed by atoms with E-state index in [1.807, 2.05) is 30.3 Å². The largest absolute Gasteiger partial charge is 0.308 e. The van der Waals surface area contributed by atoms with Gasteiger partial charge >= 0.3 is 4.87 Å². The Morgan fingerprint density at radius 2 is 1.63 bits per heavy atom. The number of aromatic nitrogens is 1. The van der Waals surface area contributed by atoms with E-state index in [-0.39, 0.29) is 16.3 Å². The van der Waals surface area contributed by atoms with E-state index in [4.69, 9.17) is 11.6 Å². The second kappa shape index (κ2) is 10.2. The van der Waals surface area contributed by atoms with Crippen molar-refractivity contribution in [3.8, 4) is 0 Å². The van der Waals surface area contributed by atoms with Gasteiger partial charge in [-0.05, 0) is 66.9 Å². The van der Waals surface area contributed by atoms with E-state index in [1.54, 1.807) is 28.8 Å². The molecule has 1 saturated heterocycles. The fourth-order valence-corrected chi connectivity index (χ4v) is 6.63. The minimum atomic E-state index is -3.73. The average Bonchev–Trinajstić information content (AvgIpc) is 3.47. The van der Waals surface area contributed by atoms with Crippen LogP contribution >= 0.6 is 22.9 Å². The number of fused-ring (bicyclic) bond motifs is 1. The van der Waals surface area contributed by atoms with Crippen LogP contribution in [0.1, 0.15) is 29.5 Å². The van der Waals surface area contributed by atoms with E-state index in [0.717, 1.165) is 42.1 Å². The zero-order valence-corrected chi connectivity index (χ0v) is 21.5. The molecule has 0 amide bonds. The van der Waals surface area contributed by atoms with Gasteiger partial charge in [0.2, 0.25) is 10.0 Å². The second-order valence-electron chi connectivity index (χ2n) is 8.80. The van der Waals surface area contributed by atoms with Gasteiger partial charge in [-0.1, -0.05) is 65.4 Å². The van der Waals surface area contributed by atoms with E-state index in [1.165, 1.54) is 18.4 Å². The number of likely N-dealkylation sites (tertiary alicyclic amines) is 1. The summed E-state index contributed by atoms with van der Waals surface area (Å²) in [6.45, 7) is 3.75. The Balaban J connectivity index is 1.29. The van der Waals surface area contributed by atoms with Crippen LogP contribution in [0.2, 0.25) is 5.02 Å². The topological polar surface area (TPSA) is 71.4 Å². The predicted molar refractivity (Wildman–Crippen MR) is 142 cm³/mol. The number of sulfonamides is 1. The molecule has 1 aliphatic rings. The summed E-state index contributed by atoms with van der Waals surface area (Å²) in [5, 5.41) is 0.589. The molecular formula is C26H26ClN3O3S2. The van der Waals surface area contributed by atoms with Crippen molar-refractivity contribution in [1.82, 2.24) is 14.2 Å². The van der Waals surface area contributed by atoms with Gasteiger partial charge in [0, 0.05) is 18.1 Å². The maximum atomic E-state index is 13.0. The molecule has 0 atom stereocenters. The quantitative estimate of drug-likeness (QED) is 0.356. The van der Waals surface area contributed by atoms with Crippen molar-refractivity contribution in [3.63, 3.8) is 0 Å². The maximum Gasteiger partial charge on any atom is 0.308 e. The molecule has 1 aromatic heterocycles. The first-order valence-electron chi connectivity index (χ1n) is 11.6. The van der Waals surface area contributed by atoms with E-state index in [0.29, 0.717) is 21.8 Å². The molecule has 6 nitrogen and oxygen atoms in total. The van der Waals surface area contributed by atoms with Gasteiger partial charge < -0.3 is 0 Å². The van der Waals surface area contributed by atoms with Crippen LogP contribution in [0.5, 0.6) is 0 Å². The highest BCUT2D eigenvalue weighted by Crippen LogP contribution is 2.24. The molecule has 182 valence electrons. The van der Waals surface area contributed by atoms with Crippen LogP contribution in [0.25, 0.3) is 10.2 Å². The fraction of sp³-hybridized carbons (Fsp3) is 0.269. The number of halogens is 1. The summed E-state index contributed by atoms with van der Waals surface area (Å²) in [6.07, 6.45) is 2.52. The number of hydrogen-bond acceptors (Lipinski definition) is 5. The van der Waals surface area contributed by atoms with Crippen molar-refractivity contribution in [1.29, 1.82) is 0 Å². The lowest BCUT2D eigenvalue weighted by Crippen LogP contribution is -2.23. The van der Waals surface area contributed by atoms with E-state index < -0.39 is 10.0 Å². The fourth-order valence-electron chi connectivity index (χ4n) is 4.38. The number of thiazole rings is 1. The summed E-state index contributed by atoms with van der Waals surface area (Å²) in [6, 6.07) is 20.2. The van der Waals surface area contributed by atoms with E-state index in [9.17, 15) is 13.2 Å². The molecule has 3 aromatic carbocycles. The lowest BCUT2D eigenvalue weighted by Gasteiger charge is -2.14. The summed E-state index contributed by atoms with van der Waals surface area (Å²) >= 11 is 7.29. The first-order chi connectivity index (χ1) is 16.9. The lowest BCUT2D eigenvalue weighted by molar-refractivity contribution is 0.331. The second-order valence-corrected chi connectivity index (χ2v) is 12.0. The first-order valence-corrected chi connectivity index (χ1v) is 14.2. The van der Waals surface area contributed by atoms with Gasteiger partial charge in [0.05, 0.1) is 21.7 Å². The molecule has 5 rings (SSSR count). The van der Waals surface area contributed by atoms with Gasteiger partial charge in [-0.25, -0.2) is 13.1 Å². The molecule has 4 aromatic rings. The number of benzene rings is 3. The molecule has 1 N–H and O–H groups in total. The van der Waals surface area contributed by atoms with E-state index >= 15 is 0 Å². The minimum Gasteiger partial charge on any atom is -0.299 e. The van der Waals surface area contributed by atoms with Crippen molar-refractivity contribution in [2.24, 2.45) is 0 Å². The molecular weight excluding hydrogens is 502 g/mol. The van der Waals surface area contributed by atoms with Gasteiger partial charge in [0.1, 0.15) is 0 Å². The third-order valence-corrected chi connectivity index (χ3v) is 9.04. The van der Waals surface area contributed by atoms with Crippen LogP contribution in [0.4, 0.5) is 0 Å². The first kappa shape index (κ1) is 24.2. The molecule has 0 radical (unpaired) electrons. The van der Waals surface area contributed by atoms with Gasteiger partial charge in [-0.3, -0.25) is 14.3 Å². The molecule has 35 heavy (non-hydrogen) atoms. The molecule has 2 heterocycles. The lowest BCUT2D eigenvalue weighted by atomic mass is 10.1. The van der Waals surface area contributed by atoms with Crippen molar-refractivity contribution in [2.75, 3.05) is 13.1 Å². The van der Waals surface area contributed by atoms with Crippen LogP contribution in [0, 0.1) is 0 Å². The summed E-state index contributed by atoms with van der Waals surface area (Å²) < 4.78 is 30.8. The Hall–Kier alpha value is -2.49. The number of nitrogens with one attached hydrogen (secondary N) is 1. The molecule has 1 aliphatic heterocycles. The molecule has 9 heteroatoms. The van der Waals surface area contributed by atoms with Gasteiger partial charge in [0.25, 0.3) is 0 Å². The molecule has 0 unspecified atom stereocenters. The average molecular weight is 528 g/mol. The number of rotatable bonds is 8. The number of nitrogens with zero attached hydrogens (tertiary/aromatic N) is 2. The molecule has 0 spiro atoms. The van der Waals surface area contributed by atoms with Crippen LogP contribution in [-0.2, 0) is 29.7 Å². The normalized spacial score (nSPS) is 14.7. The van der Waals surface area contributed by atoms with Crippen LogP contribution in [0.3, 0.4) is 0 Å². The smallest absolute Gasteiger partial charge is 0.299 e. The zero-order valence-electron chi connectivity index (χ0n) is 19.1. The summed E-state index contributed by atoms with van der Waals surface area (Å²) in [5.74, 6) is 0. The van der Waals surface area contributed by atoms with Gasteiger partial charge in [-0.2, -0.15) is 0 Å². The maximum absolute atomic E-state index is 13.0. The van der Waals surface area contributed by atoms with Crippen molar-refractivity contribution in [2.45, 2.75) is 37.4 Å². The Kier molecular flexibility index (Phi) is 7.09. The monoisotopic (exact) mass is 527 g/mol.